The molecule has 20 heavy (non-hydrogen) atoms. The lowest BCUT2D eigenvalue weighted by molar-refractivity contribution is -0.384. The van der Waals surface area contributed by atoms with E-state index in [0.717, 1.165) is 0 Å². The quantitative estimate of drug-likeness (QED) is 0.612. The molecular formula is C12H14F2N2O4. The van der Waals surface area contributed by atoms with Crippen molar-refractivity contribution in [2.45, 2.75) is 18.8 Å². The molecule has 0 bridgehead atoms. The van der Waals surface area contributed by atoms with E-state index in [0.29, 0.717) is 5.56 Å². The molecule has 1 aromatic rings. The Hall–Kier alpha value is -2.09. The standard InChI is InChI=1S/C12H14F2N2O4/c1-8(11(18)15-6-12(13,14)7-17)9-3-2-4-10(5-9)16(19)20/h2-5,8,17H,6-7H2,1H3,(H,15,18). The largest absolute Gasteiger partial charge is 0.390 e. The number of aliphatic hydroxyl groups excluding tert-OH is 1. The van der Waals surface area contributed by atoms with Gasteiger partial charge in [0.05, 0.1) is 17.4 Å². The molecule has 1 atom stereocenters. The van der Waals surface area contributed by atoms with Crippen LogP contribution in [0.25, 0.3) is 0 Å². The number of halogens is 2. The summed E-state index contributed by atoms with van der Waals surface area (Å²) in [6.45, 7) is -0.897. The number of alkyl halides is 2. The van der Waals surface area contributed by atoms with Crippen molar-refractivity contribution in [3.63, 3.8) is 0 Å². The van der Waals surface area contributed by atoms with Crippen LogP contribution in [0.4, 0.5) is 14.5 Å². The zero-order valence-electron chi connectivity index (χ0n) is 10.7. The van der Waals surface area contributed by atoms with E-state index >= 15 is 0 Å². The summed E-state index contributed by atoms with van der Waals surface area (Å²) >= 11 is 0. The van der Waals surface area contributed by atoms with Crippen molar-refractivity contribution in [1.29, 1.82) is 0 Å². The molecule has 110 valence electrons. The predicted octanol–water partition coefficient (Wildman–Crippen LogP) is 1.44. The lowest BCUT2D eigenvalue weighted by Gasteiger charge is -2.17. The summed E-state index contributed by atoms with van der Waals surface area (Å²) in [6.07, 6.45) is 0. The number of nitrogens with zero attached hydrogens (tertiary/aromatic N) is 1. The minimum Gasteiger partial charge on any atom is -0.390 e. The molecule has 1 aromatic carbocycles. The Labute approximate surface area is 113 Å². The molecule has 8 heteroatoms. The molecule has 0 heterocycles. The van der Waals surface area contributed by atoms with Gasteiger partial charge in [0.25, 0.3) is 11.6 Å². The van der Waals surface area contributed by atoms with Gasteiger partial charge in [0.15, 0.2) is 0 Å². The van der Waals surface area contributed by atoms with Crippen LogP contribution in [-0.2, 0) is 4.79 Å². The van der Waals surface area contributed by atoms with E-state index in [4.69, 9.17) is 5.11 Å². The van der Waals surface area contributed by atoms with Crippen LogP contribution in [0.5, 0.6) is 0 Å². The minimum absolute atomic E-state index is 0.178. The first-order chi connectivity index (χ1) is 9.26. The summed E-state index contributed by atoms with van der Waals surface area (Å²) in [6, 6.07) is 5.41. The van der Waals surface area contributed by atoms with Gasteiger partial charge in [0.2, 0.25) is 5.91 Å². The number of carbonyl (C=O) groups excluding carboxylic acids is 1. The van der Waals surface area contributed by atoms with E-state index in [9.17, 15) is 23.7 Å². The third-order valence-corrected chi connectivity index (χ3v) is 2.73. The molecule has 1 amide bonds. The number of nitro benzene ring substituents is 1. The number of rotatable bonds is 6. The Morgan fingerprint density at radius 3 is 2.75 bits per heavy atom. The van der Waals surface area contributed by atoms with Gasteiger partial charge >= 0.3 is 0 Å². The first kappa shape index (κ1) is 16.0. The van der Waals surface area contributed by atoms with Crippen LogP contribution < -0.4 is 5.32 Å². The fourth-order valence-electron chi connectivity index (χ4n) is 1.48. The molecular weight excluding hydrogens is 274 g/mol. The van der Waals surface area contributed by atoms with Crippen LogP contribution in [0.2, 0.25) is 0 Å². The van der Waals surface area contributed by atoms with Crippen LogP contribution in [0.3, 0.4) is 0 Å². The number of carbonyl (C=O) groups is 1. The van der Waals surface area contributed by atoms with E-state index in [2.05, 4.69) is 0 Å². The highest BCUT2D eigenvalue weighted by Crippen LogP contribution is 2.21. The van der Waals surface area contributed by atoms with Gasteiger partial charge in [0.1, 0.15) is 6.61 Å². The number of benzene rings is 1. The van der Waals surface area contributed by atoms with E-state index in [1.54, 1.807) is 0 Å². The number of hydrogen-bond acceptors (Lipinski definition) is 4. The van der Waals surface area contributed by atoms with E-state index < -0.39 is 35.8 Å². The number of aliphatic hydroxyl groups is 1. The summed E-state index contributed by atoms with van der Waals surface area (Å²) in [5.41, 5.74) is 0.173. The Bertz CT molecular complexity index is 508. The maximum Gasteiger partial charge on any atom is 0.287 e. The average molecular weight is 288 g/mol. The molecule has 0 aliphatic rings. The second kappa shape index (κ2) is 6.38. The number of nitro groups is 1. The summed E-state index contributed by atoms with van der Waals surface area (Å²) in [5, 5.41) is 21.0. The van der Waals surface area contributed by atoms with Crippen molar-refractivity contribution in [2.75, 3.05) is 13.2 Å². The highest BCUT2D eigenvalue weighted by molar-refractivity contribution is 5.83. The molecule has 2 N–H and O–H groups in total. The zero-order valence-corrected chi connectivity index (χ0v) is 10.7. The van der Waals surface area contributed by atoms with Crippen LogP contribution >= 0.6 is 0 Å². The van der Waals surface area contributed by atoms with Crippen molar-refractivity contribution in [3.8, 4) is 0 Å². The van der Waals surface area contributed by atoms with Gasteiger partial charge in [-0.15, -0.1) is 0 Å². The van der Waals surface area contributed by atoms with Crippen molar-refractivity contribution in [2.24, 2.45) is 0 Å². The van der Waals surface area contributed by atoms with Gasteiger partial charge in [-0.3, -0.25) is 14.9 Å². The van der Waals surface area contributed by atoms with E-state index in [-0.39, 0.29) is 5.69 Å². The zero-order chi connectivity index (χ0) is 15.3. The Kier molecular flexibility index (Phi) is 5.09. The van der Waals surface area contributed by atoms with Gasteiger partial charge in [0, 0.05) is 12.1 Å². The molecule has 0 aromatic heterocycles. The number of nitrogens with one attached hydrogen (secondary N) is 1. The number of non-ortho nitro benzene ring substituents is 1. The first-order valence-electron chi connectivity index (χ1n) is 5.77. The van der Waals surface area contributed by atoms with E-state index in [1.165, 1.54) is 31.2 Å². The SMILES string of the molecule is CC(C(=O)NCC(F)(F)CO)c1cccc([N+](=O)[O-])c1. The van der Waals surface area contributed by atoms with Crippen LogP contribution in [0, 0.1) is 10.1 Å². The third kappa shape index (κ3) is 4.23. The minimum atomic E-state index is -3.39. The van der Waals surface area contributed by atoms with Crippen molar-refractivity contribution in [3.05, 3.63) is 39.9 Å². The smallest absolute Gasteiger partial charge is 0.287 e. The molecule has 0 saturated heterocycles. The van der Waals surface area contributed by atoms with Gasteiger partial charge in [-0.2, -0.15) is 0 Å². The summed E-state index contributed by atoms with van der Waals surface area (Å²) in [4.78, 5) is 21.7. The van der Waals surface area contributed by atoms with Gasteiger partial charge in [-0.05, 0) is 12.5 Å². The van der Waals surface area contributed by atoms with Crippen molar-refractivity contribution < 1.29 is 23.6 Å². The Morgan fingerprint density at radius 2 is 2.20 bits per heavy atom. The first-order valence-corrected chi connectivity index (χ1v) is 5.77. The summed E-state index contributed by atoms with van der Waals surface area (Å²) in [7, 11) is 0. The normalized spacial score (nSPS) is 12.8. The molecule has 0 radical (unpaired) electrons. The monoisotopic (exact) mass is 288 g/mol. The fourth-order valence-corrected chi connectivity index (χ4v) is 1.48. The van der Waals surface area contributed by atoms with Crippen molar-refractivity contribution >= 4 is 11.6 Å². The molecule has 0 saturated carbocycles. The molecule has 0 aliphatic heterocycles. The maximum absolute atomic E-state index is 12.8. The third-order valence-electron chi connectivity index (χ3n) is 2.73. The summed E-state index contributed by atoms with van der Waals surface area (Å²) < 4.78 is 25.6. The fraction of sp³-hybridized carbons (Fsp3) is 0.417. The van der Waals surface area contributed by atoms with Crippen LogP contribution in [0.15, 0.2) is 24.3 Å². The van der Waals surface area contributed by atoms with Crippen LogP contribution in [-0.4, -0.2) is 35.0 Å². The van der Waals surface area contributed by atoms with Crippen LogP contribution in [0.1, 0.15) is 18.4 Å². The molecule has 0 spiro atoms. The Morgan fingerprint density at radius 1 is 1.55 bits per heavy atom. The second-order valence-corrected chi connectivity index (χ2v) is 4.31. The lowest BCUT2D eigenvalue weighted by Crippen LogP contribution is -2.40. The Balaban J connectivity index is 2.74. The molecule has 1 rings (SSSR count). The highest BCUT2D eigenvalue weighted by atomic mass is 19.3. The topological polar surface area (TPSA) is 92.5 Å². The van der Waals surface area contributed by atoms with E-state index in [1.807, 2.05) is 5.32 Å². The number of amides is 1. The second-order valence-electron chi connectivity index (χ2n) is 4.31. The van der Waals surface area contributed by atoms with Crippen molar-refractivity contribution in [1.82, 2.24) is 5.32 Å². The van der Waals surface area contributed by atoms with Gasteiger partial charge in [-0.25, -0.2) is 8.78 Å². The predicted molar refractivity (Wildman–Crippen MR) is 66.6 cm³/mol. The average Bonchev–Trinajstić information content (AvgIpc) is 2.44. The number of hydrogen-bond donors (Lipinski definition) is 2. The molecule has 6 nitrogen and oxygen atoms in total. The molecule has 0 fully saturated rings. The maximum atomic E-state index is 12.8. The summed E-state index contributed by atoms with van der Waals surface area (Å²) in [5.74, 6) is -4.90. The highest BCUT2D eigenvalue weighted by Gasteiger charge is 2.29. The van der Waals surface area contributed by atoms with Gasteiger partial charge in [-0.1, -0.05) is 12.1 Å². The van der Waals surface area contributed by atoms with Gasteiger partial charge < -0.3 is 10.4 Å². The lowest BCUT2D eigenvalue weighted by atomic mass is 10.00. The molecule has 1 unspecified atom stereocenters. The molecule has 0 aliphatic carbocycles.